The molecule has 0 atom stereocenters. The fraction of sp³-hybridized carbons (Fsp3) is 0.105. The topological polar surface area (TPSA) is 67.4 Å². The third-order valence-electron chi connectivity index (χ3n) is 3.66. The number of nitrogens with one attached hydrogen (secondary N) is 2. The molecule has 0 aromatic heterocycles. The van der Waals surface area contributed by atoms with Crippen LogP contribution in [0, 0.1) is 0 Å². The van der Waals surface area contributed by atoms with E-state index in [1.807, 2.05) is 0 Å². The zero-order chi connectivity index (χ0) is 21.0. The maximum atomic E-state index is 12.7. The van der Waals surface area contributed by atoms with Crippen molar-refractivity contribution >= 4 is 51.9 Å². The Morgan fingerprint density at radius 1 is 1.21 bits per heavy atom. The zero-order valence-corrected chi connectivity index (χ0v) is 16.2. The number of anilines is 1. The molecule has 3 rings (SSSR count). The van der Waals surface area contributed by atoms with Crippen LogP contribution in [0.15, 0.2) is 53.4 Å². The van der Waals surface area contributed by atoms with Crippen molar-refractivity contribution in [2.24, 2.45) is 0 Å². The van der Waals surface area contributed by atoms with Crippen molar-refractivity contribution < 1.29 is 27.5 Å². The predicted octanol–water partition coefficient (Wildman–Crippen LogP) is 4.21. The third-order valence-corrected chi connectivity index (χ3v) is 4.83. The molecule has 0 radical (unpaired) electrons. The van der Waals surface area contributed by atoms with Gasteiger partial charge in [0.25, 0.3) is 11.8 Å². The van der Waals surface area contributed by atoms with Crippen molar-refractivity contribution in [3.63, 3.8) is 0 Å². The van der Waals surface area contributed by atoms with Crippen molar-refractivity contribution in [1.29, 1.82) is 0 Å². The van der Waals surface area contributed by atoms with E-state index in [0.29, 0.717) is 15.0 Å². The minimum Gasteiger partial charge on any atom is -0.484 e. The molecular weight excluding hydrogens is 425 g/mol. The van der Waals surface area contributed by atoms with E-state index in [4.69, 9.17) is 17.0 Å². The zero-order valence-electron chi connectivity index (χ0n) is 14.6. The van der Waals surface area contributed by atoms with Gasteiger partial charge < -0.3 is 15.4 Å². The molecule has 1 aliphatic rings. The Bertz CT molecular complexity index is 989. The molecule has 0 aliphatic carbocycles. The number of halogens is 3. The lowest BCUT2D eigenvalue weighted by Crippen LogP contribution is -2.20. The van der Waals surface area contributed by atoms with Crippen LogP contribution in [-0.2, 0) is 15.8 Å². The lowest BCUT2D eigenvalue weighted by atomic mass is 10.2. The molecule has 2 aromatic carbocycles. The normalized spacial score (nSPS) is 15.3. The van der Waals surface area contributed by atoms with Crippen molar-refractivity contribution in [3.8, 4) is 5.75 Å². The molecule has 10 heteroatoms. The van der Waals surface area contributed by atoms with Gasteiger partial charge in [0.1, 0.15) is 10.1 Å². The molecule has 0 saturated carbocycles. The number of rotatable bonds is 5. The average molecular weight is 438 g/mol. The second kappa shape index (κ2) is 8.66. The largest absolute Gasteiger partial charge is 0.484 e. The first-order valence-electron chi connectivity index (χ1n) is 8.15. The Labute approximate surface area is 173 Å². The summed E-state index contributed by atoms with van der Waals surface area (Å²) in [7, 11) is 0. The highest BCUT2D eigenvalue weighted by Gasteiger charge is 2.30. The Morgan fingerprint density at radius 3 is 2.55 bits per heavy atom. The lowest BCUT2D eigenvalue weighted by molar-refractivity contribution is -0.137. The van der Waals surface area contributed by atoms with Gasteiger partial charge in [-0.2, -0.15) is 13.2 Å². The maximum Gasteiger partial charge on any atom is 0.416 e. The van der Waals surface area contributed by atoms with Crippen LogP contribution in [0.4, 0.5) is 18.9 Å². The van der Waals surface area contributed by atoms with Gasteiger partial charge in [-0.3, -0.25) is 9.59 Å². The minimum atomic E-state index is -4.49. The first-order valence-corrected chi connectivity index (χ1v) is 9.38. The molecule has 2 aromatic rings. The van der Waals surface area contributed by atoms with Gasteiger partial charge in [0, 0.05) is 5.69 Å². The number of alkyl halides is 3. The molecule has 1 fully saturated rings. The molecule has 0 bridgehead atoms. The van der Waals surface area contributed by atoms with Crippen molar-refractivity contribution in [2.45, 2.75) is 6.18 Å². The fourth-order valence-corrected chi connectivity index (χ4v) is 3.40. The Balaban J connectivity index is 1.55. The molecule has 5 nitrogen and oxygen atoms in total. The molecule has 1 saturated heterocycles. The Hall–Kier alpha value is -2.85. The number of amides is 2. The van der Waals surface area contributed by atoms with E-state index in [2.05, 4.69) is 10.6 Å². The van der Waals surface area contributed by atoms with E-state index in [-0.39, 0.29) is 18.2 Å². The second-order valence-corrected chi connectivity index (χ2v) is 7.56. The Kier molecular flexibility index (Phi) is 6.23. The highest BCUT2D eigenvalue weighted by Crippen LogP contribution is 2.30. The number of benzene rings is 2. The van der Waals surface area contributed by atoms with Gasteiger partial charge in [-0.25, -0.2) is 0 Å². The molecule has 1 heterocycles. The van der Waals surface area contributed by atoms with E-state index in [1.54, 1.807) is 30.3 Å². The molecule has 2 amide bonds. The van der Waals surface area contributed by atoms with Crippen LogP contribution in [0.25, 0.3) is 6.08 Å². The van der Waals surface area contributed by atoms with Gasteiger partial charge in [0.05, 0.1) is 10.5 Å². The quantitative estimate of drug-likeness (QED) is 0.541. The molecule has 150 valence electrons. The molecular formula is C19H13F3N2O3S2. The van der Waals surface area contributed by atoms with Gasteiger partial charge in [-0.05, 0) is 42.0 Å². The van der Waals surface area contributed by atoms with E-state index in [1.165, 1.54) is 23.9 Å². The molecule has 29 heavy (non-hydrogen) atoms. The summed E-state index contributed by atoms with van der Waals surface area (Å²) in [6, 6.07) is 11.0. The summed E-state index contributed by atoms with van der Waals surface area (Å²) >= 11 is 6.09. The second-order valence-electron chi connectivity index (χ2n) is 5.84. The van der Waals surface area contributed by atoms with Crippen LogP contribution >= 0.6 is 24.0 Å². The first-order chi connectivity index (χ1) is 13.7. The number of carbonyl (C=O) groups excluding carboxylic acids is 2. The van der Waals surface area contributed by atoms with E-state index < -0.39 is 17.6 Å². The van der Waals surface area contributed by atoms with Crippen molar-refractivity contribution in [2.75, 3.05) is 11.9 Å². The molecule has 0 unspecified atom stereocenters. The number of thioether (sulfide) groups is 1. The van der Waals surface area contributed by atoms with E-state index in [0.717, 1.165) is 17.7 Å². The number of hydrogen-bond acceptors (Lipinski definition) is 5. The van der Waals surface area contributed by atoms with Crippen LogP contribution in [-0.4, -0.2) is 22.7 Å². The first kappa shape index (κ1) is 20.9. The summed E-state index contributed by atoms with van der Waals surface area (Å²) in [5.74, 6) is -0.458. The van der Waals surface area contributed by atoms with Crippen molar-refractivity contribution in [3.05, 3.63) is 64.6 Å². The van der Waals surface area contributed by atoms with Crippen LogP contribution in [0.2, 0.25) is 0 Å². The standard InChI is InChI=1S/C19H13F3N2O3S2/c20-19(21,22)12-2-1-3-13(9-12)23-16(25)10-27-14-6-4-11(5-7-14)8-15-17(26)24-18(28)29-15/h1-9H,10H2,(H,23,25)(H,24,26,28)/b15-8-. The lowest BCUT2D eigenvalue weighted by Gasteiger charge is -2.10. The fourth-order valence-electron chi connectivity index (χ4n) is 2.35. The van der Waals surface area contributed by atoms with Gasteiger partial charge >= 0.3 is 6.18 Å². The van der Waals surface area contributed by atoms with Crippen LogP contribution in [0.5, 0.6) is 5.75 Å². The maximum absolute atomic E-state index is 12.7. The number of thiocarbonyl (C=S) groups is 1. The monoisotopic (exact) mass is 438 g/mol. The minimum absolute atomic E-state index is 0.0284. The molecule has 2 N–H and O–H groups in total. The highest BCUT2D eigenvalue weighted by molar-refractivity contribution is 8.26. The highest BCUT2D eigenvalue weighted by atomic mass is 32.2. The van der Waals surface area contributed by atoms with Crippen LogP contribution in [0.1, 0.15) is 11.1 Å². The number of hydrogen-bond donors (Lipinski definition) is 2. The number of ether oxygens (including phenoxy) is 1. The van der Waals surface area contributed by atoms with Crippen LogP contribution in [0.3, 0.4) is 0 Å². The summed E-state index contributed by atoms with van der Waals surface area (Å²) in [5.41, 5.74) is -0.0791. The number of carbonyl (C=O) groups is 2. The van der Waals surface area contributed by atoms with Gasteiger partial charge in [-0.15, -0.1) is 0 Å². The predicted molar refractivity (Wildman–Crippen MR) is 108 cm³/mol. The summed E-state index contributed by atoms with van der Waals surface area (Å²) < 4.78 is 43.9. The summed E-state index contributed by atoms with van der Waals surface area (Å²) in [5, 5.41) is 4.88. The van der Waals surface area contributed by atoms with E-state index >= 15 is 0 Å². The van der Waals surface area contributed by atoms with Gasteiger partial charge in [0.2, 0.25) is 0 Å². The molecule has 0 spiro atoms. The summed E-state index contributed by atoms with van der Waals surface area (Å²) in [4.78, 5) is 24.0. The average Bonchev–Trinajstić information content (AvgIpc) is 2.97. The van der Waals surface area contributed by atoms with Gasteiger partial charge in [0.15, 0.2) is 6.61 Å². The van der Waals surface area contributed by atoms with Crippen molar-refractivity contribution in [1.82, 2.24) is 5.32 Å². The van der Waals surface area contributed by atoms with Crippen LogP contribution < -0.4 is 15.4 Å². The summed E-state index contributed by atoms with van der Waals surface area (Å²) in [6.45, 7) is -0.372. The van der Waals surface area contributed by atoms with E-state index in [9.17, 15) is 22.8 Å². The molecule has 1 aliphatic heterocycles. The smallest absolute Gasteiger partial charge is 0.416 e. The van der Waals surface area contributed by atoms with Gasteiger partial charge in [-0.1, -0.05) is 42.2 Å². The summed E-state index contributed by atoms with van der Waals surface area (Å²) in [6.07, 6.45) is -2.82. The Morgan fingerprint density at radius 2 is 1.93 bits per heavy atom. The SMILES string of the molecule is O=C(COc1ccc(/C=C2\SC(=S)NC2=O)cc1)Nc1cccc(C(F)(F)F)c1. The third kappa shape index (κ3) is 5.81.